The molecule has 0 radical (unpaired) electrons. The van der Waals surface area contributed by atoms with Crippen LogP contribution in [0.5, 0.6) is 11.5 Å². The first-order valence-corrected chi connectivity index (χ1v) is 13.8. The Morgan fingerprint density at radius 1 is 0.846 bits per heavy atom. The van der Waals surface area contributed by atoms with Crippen LogP contribution in [0.25, 0.3) is 22.7 Å². The van der Waals surface area contributed by atoms with E-state index in [-0.39, 0.29) is 5.41 Å². The number of imidazole rings is 1. The van der Waals surface area contributed by atoms with E-state index in [0.29, 0.717) is 11.8 Å². The Morgan fingerprint density at radius 3 is 2.26 bits per heavy atom. The van der Waals surface area contributed by atoms with Crippen molar-refractivity contribution in [1.82, 2.24) is 24.1 Å². The summed E-state index contributed by atoms with van der Waals surface area (Å²) < 4.78 is 10.7. The number of ether oxygens (including phenoxy) is 1. The molecule has 0 amide bonds. The summed E-state index contributed by atoms with van der Waals surface area (Å²) in [4.78, 5) is 9.94. The summed E-state index contributed by atoms with van der Waals surface area (Å²) in [5.74, 6) is 2.06. The van der Waals surface area contributed by atoms with Gasteiger partial charge >= 0.3 is 0 Å². The fourth-order valence-corrected chi connectivity index (χ4v) is 5.16. The number of benzene rings is 1. The van der Waals surface area contributed by atoms with Gasteiger partial charge in [-0.05, 0) is 67.0 Å². The van der Waals surface area contributed by atoms with E-state index in [1.165, 1.54) is 11.3 Å². The van der Waals surface area contributed by atoms with E-state index in [1.807, 2.05) is 48.1 Å². The third-order valence-corrected chi connectivity index (χ3v) is 7.05. The monoisotopic (exact) mass is 521 g/mol. The number of pyridine rings is 2. The van der Waals surface area contributed by atoms with Crippen molar-refractivity contribution in [3.05, 3.63) is 89.1 Å². The fraction of sp³-hybridized carbons (Fsp3) is 0.364. The molecule has 39 heavy (non-hydrogen) atoms. The standard InChI is InChI=1S/C33H39N5O/c1-20(2)31-32(21(3)4)37-29(28-16-24(13-14-34-28)33(7,8)9)18-27(19-30(37)35-31)39-26-12-10-11-25(17-26)38-23(6)15-22(5)36-38/h10-21H,1-9H3. The number of nitrogens with zero attached hydrogens (tertiary/aromatic N) is 5. The van der Waals surface area contributed by atoms with Crippen molar-refractivity contribution in [3.8, 4) is 28.6 Å². The second-order valence-corrected chi connectivity index (χ2v) is 12.1. The zero-order valence-corrected chi connectivity index (χ0v) is 24.6. The van der Waals surface area contributed by atoms with Crippen molar-refractivity contribution in [2.45, 2.75) is 79.6 Å². The minimum atomic E-state index is 0.00719. The number of fused-ring (bicyclic) bond motifs is 1. The van der Waals surface area contributed by atoms with Crippen molar-refractivity contribution in [2.24, 2.45) is 0 Å². The molecule has 0 aliphatic heterocycles. The third-order valence-electron chi connectivity index (χ3n) is 7.05. The molecule has 0 N–H and O–H groups in total. The highest BCUT2D eigenvalue weighted by molar-refractivity contribution is 5.66. The van der Waals surface area contributed by atoms with Crippen LogP contribution in [0.4, 0.5) is 0 Å². The molecule has 5 rings (SSSR count). The van der Waals surface area contributed by atoms with E-state index >= 15 is 0 Å². The van der Waals surface area contributed by atoms with Crippen LogP contribution < -0.4 is 4.74 Å². The molecule has 0 bridgehead atoms. The summed E-state index contributed by atoms with van der Waals surface area (Å²) in [6.07, 6.45) is 1.91. The van der Waals surface area contributed by atoms with Gasteiger partial charge in [0, 0.05) is 35.8 Å². The molecule has 6 nitrogen and oxygen atoms in total. The average Bonchev–Trinajstić information content (AvgIpc) is 3.43. The van der Waals surface area contributed by atoms with E-state index in [2.05, 4.69) is 89.2 Å². The molecule has 0 aliphatic carbocycles. The van der Waals surface area contributed by atoms with Crippen LogP contribution in [0.2, 0.25) is 0 Å². The lowest BCUT2D eigenvalue weighted by Gasteiger charge is -2.20. The molecule has 0 spiro atoms. The van der Waals surface area contributed by atoms with Crippen LogP contribution in [0.15, 0.2) is 60.8 Å². The molecule has 4 heterocycles. The normalized spacial score (nSPS) is 12.2. The van der Waals surface area contributed by atoms with E-state index in [1.54, 1.807) is 0 Å². The largest absolute Gasteiger partial charge is 0.457 e. The van der Waals surface area contributed by atoms with Gasteiger partial charge in [-0.2, -0.15) is 5.10 Å². The van der Waals surface area contributed by atoms with Gasteiger partial charge in [0.05, 0.1) is 28.5 Å². The number of aryl methyl sites for hydroxylation is 2. The molecule has 0 aliphatic rings. The van der Waals surface area contributed by atoms with Crippen LogP contribution >= 0.6 is 0 Å². The first kappa shape index (κ1) is 26.7. The number of hydrogen-bond donors (Lipinski definition) is 0. The topological polar surface area (TPSA) is 57.2 Å². The summed E-state index contributed by atoms with van der Waals surface area (Å²) >= 11 is 0. The molecule has 6 heteroatoms. The first-order chi connectivity index (χ1) is 18.4. The van der Waals surface area contributed by atoms with Gasteiger partial charge in [-0.25, -0.2) is 9.67 Å². The quantitative estimate of drug-likeness (QED) is 0.225. The van der Waals surface area contributed by atoms with E-state index in [9.17, 15) is 0 Å². The molecule has 202 valence electrons. The van der Waals surface area contributed by atoms with Gasteiger partial charge in [-0.3, -0.25) is 9.38 Å². The maximum absolute atomic E-state index is 6.50. The van der Waals surface area contributed by atoms with Gasteiger partial charge in [0.2, 0.25) is 0 Å². The Balaban J connectivity index is 1.68. The summed E-state index contributed by atoms with van der Waals surface area (Å²) in [7, 11) is 0. The van der Waals surface area contributed by atoms with Crippen LogP contribution in [0.3, 0.4) is 0 Å². The van der Waals surface area contributed by atoms with Gasteiger partial charge in [0.25, 0.3) is 0 Å². The van der Waals surface area contributed by atoms with Gasteiger partial charge in [-0.15, -0.1) is 0 Å². The minimum absolute atomic E-state index is 0.00719. The fourth-order valence-electron chi connectivity index (χ4n) is 5.16. The summed E-state index contributed by atoms with van der Waals surface area (Å²) in [5, 5.41) is 4.64. The zero-order valence-electron chi connectivity index (χ0n) is 24.6. The molecule has 0 atom stereocenters. The summed E-state index contributed by atoms with van der Waals surface area (Å²) in [6.45, 7) is 19.6. The lowest BCUT2D eigenvalue weighted by atomic mass is 9.87. The highest BCUT2D eigenvalue weighted by atomic mass is 16.5. The van der Waals surface area contributed by atoms with E-state index in [4.69, 9.17) is 14.7 Å². The Labute approximate surface area is 231 Å². The Kier molecular flexibility index (Phi) is 6.83. The van der Waals surface area contributed by atoms with Crippen LogP contribution in [0, 0.1) is 13.8 Å². The Morgan fingerprint density at radius 2 is 1.62 bits per heavy atom. The molecular formula is C33H39N5O. The molecule has 1 aromatic carbocycles. The lowest BCUT2D eigenvalue weighted by molar-refractivity contribution is 0.482. The zero-order chi connectivity index (χ0) is 28.1. The van der Waals surface area contributed by atoms with E-state index < -0.39 is 0 Å². The maximum Gasteiger partial charge on any atom is 0.141 e. The second-order valence-electron chi connectivity index (χ2n) is 12.1. The molecule has 4 aromatic heterocycles. The van der Waals surface area contributed by atoms with Crippen molar-refractivity contribution >= 4 is 5.65 Å². The molecular weight excluding hydrogens is 482 g/mol. The predicted molar refractivity (Wildman–Crippen MR) is 158 cm³/mol. The van der Waals surface area contributed by atoms with Crippen LogP contribution in [-0.2, 0) is 5.41 Å². The van der Waals surface area contributed by atoms with Crippen molar-refractivity contribution in [2.75, 3.05) is 0 Å². The number of aromatic nitrogens is 5. The van der Waals surface area contributed by atoms with Gasteiger partial charge in [-0.1, -0.05) is 54.5 Å². The van der Waals surface area contributed by atoms with Crippen molar-refractivity contribution in [3.63, 3.8) is 0 Å². The van der Waals surface area contributed by atoms with Crippen LogP contribution in [0.1, 0.15) is 88.6 Å². The summed E-state index contributed by atoms with van der Waals surface area (Å²) in [5.41, 5.74) is 9.36. The van der Waals surface area contributed by atoms with E-state index in [0.717, 1.165) is 51.3 Å². The van der Waals surface area contributed by atoms with Gasteiger partial charge < -0.3 is 4.74 Å². The highest BCUT2D eigenvalue weighted by Crippen LogP contribution is 2.36. The first-order valence-electron chi connectivity index (χ1n) is 13.8. The van der Waals surface area contributed by atoms with Crippen molar-refractivity contribution < 1.29 is 4.74 Å². The van der Waals surface area contributed by atoms with Gasteiger partial charge in [0.15, 0.2) is 0 Å². The lowest BCUT2D eigenvalue weighted by Crippen LogP contribution is -2.11. The SMILES string of the molecule is Cc1cc(C)n(-c2cccc(Oc3cc(-c4cc(C(C)(C)C)ccn4)n4c(C(C)C)c(C(C)C)nc4c3)c2)n1. The Bertz CT molecular complexity index is 1650. The highest BCUT2D eigenvalue weighted by Gasteiger charge is 2.23. The van der Waals surface area contributed by atoms with Crippen LogP contribution in [-0.4, -0.2) is 24.1 Å². The molecule has 0 unspecified atom stereocenters. The number of hydrogen-bond acceptors (Lipinski definition) is 4. The second kappa shape index (κ2) is 9.99. The summed E-state index contributed by atoms with van der Waals surface area (Å²) in [6, 6.07) is 18.5. The predicted octanol–water partition coefficient (Wildman–Crippen LogP) is 8.54. The minimum Gasteiger partial charge on any atom is -0.457 e. The molecule has 5 aromatic rings. The van der Waals surface area contributed by atoms with Crippen molar-refractivity contribution in [1.29, 1.82) is 0 Å². The molecule has 0 fully saturated rings. The average molecular weight is 522 g/mol. The molecule has 0 saturated carbocycles. The number of rotatable bonds is 6. The third kappa shape index (κ3) is 5.20. The smallest absolute Gasteiger partial charge is 0.141 e. The maximum atomic E-state index is 6.50. The Hall–Kier alpha value is -3.93. The van der Waals surface area contributed by atoms with Gasteiger partial charge in [0.1, 0.15) is 17.1 Å². The molecule has 0 saturated heterocycles.